The van der Waals surface area contributed by atoms with Crippen LogP contribution in [0.2, 0.25) is 0 Å². The van der Waals surface area contributed by atoms with Crippen molar-refractivity contribution in [1.82, 2.24) is 4.98 Å². The van der Waals surface area contributed by atoms with Gasteiger partial charge in [-0.1, -0.05) is 56.8 Å². The molecule has 0 amide bonds. The first-order valence-corrected chi connectivity index (χ1v) is 7.10. The molecule has 0 spiro atoms. The van der Waals surface area contributed by atoms with Crippen LogP contribution in [0.3, 0.4) is 0 Å². The number of aromatic nitrogens is 1. The number of benzene rings is 1. The van der Waals surface area contributed by atoms with Gasteiger partial charge in [0.15, 0.2) is 0 Å². The number of nitrogens with zero attached hydrogens (tertiary/aromatic N) is 1. The third-order valence-corrected chi connectivity index (χ3v) is 3.59. The first kappa shape index (κ1) is 14.5. The maximum absolute atomic E-state index is 9.80. The number of aliphatic hydroxyl groups excluding tert-OH is 1. The molecule has 0 aliphatic heterocycles. The number of pyridine rings is 1. The zero-order valence-corrected chi connectivity index (χ0v) is 12.2. The standard InChI is InChI=1S/C18H21NO/c1-4-14-16(5-2)19-17(6-3)15(12-20)18(14)13-10-8-7-9-11-13/h4,7-11,20H,1,5-6,12H2,2-3H3. The van der Waals surface area contributed by atoms with Crippen LogP contribution in [0.5, 0.6) is 0 Å². The van der Waals surface area contributed by atoms with Crippen LogP contribution in [0, 0.1) is 0 Å². The molecule has 2 heteroatoms. The highest BCUT2D eigenvalue weighted by Gasteiger charge is 2.17. The Morgan fingerprint density at radius 1 is 1.10 bits per heavy atom. The van der Waals surface area contributed by atoms with Crippen molar-refractivity contribution in [3.8, 4) is 11.1 Å². The monoisotopic (exact) mass is 267 g/mol. The predicted octanol–water partition coefficient (Wildman–Crippen LogP) is 4.01. The maximum atomic E-state index is 9.80. The van der Waals surface area contributed by atoms with E-state index in [4.69, 9.17) is 4.98 Å². The molecule has 0 saturated heterocycles. The normalized spacial score (nSPS) is 10.6. The summed E-state index contributed by atoms with van der Waals surface area (Å²) < 4.78 is 0. The molecule has 0 saturated carbocycles. The van der Waals surface area contributed by atoms with Crippen molar-refractivity contribution in [1.29, 1.82) is 0 Å². The molecule has 1 heterocycles. The third-order valence-electron chi connectivity index (χ3n) is 3.59. The van der Waals surface area contributed by atoms with Crippen molar-refractivity contribution in [2.24, 2.45) is 0 Å². The van der Waals surface area contributed by atoms with Crippen LogP contribution in [-0.2, 0) is 19.4 Å². The van der Waals surface area contributed by atoms with Gasteiger partial charge in [0, 0.05) is 22.5 Å². The zero-order valence-electron chi connectivity index (χ0n) is 12.2. The molecule has 20 heavy (non-hydrogen) atoms. The first-order valence-electron chi connectivity index (χ1n) is 7.10. The van der Waals surface area contributed by atoms with Crippen molar-refractivity contribution >= 4 is 6.08 Å². The molecule has 0 aliphatic rings. The van der Waals surface area contributed by atoms with Gasteiger partial charge in [0.25, 0.3) is 0 Å². The number of aliphatic hydroxyl groups is 1. The number of aryl methyl sites for hydroxylation is 2. The summed E-state index contributed by atoms with van der Waals surface area (Å²) in [6.45, 7) is 8.11. The van der Waals surface area contributed by atoms with E-state index in [2.05, 4.69) is 32.6 Å². The van der Waals surface area contributed by atoms with E-state index in [1.807, 2.05) is 24.3 Å². The van der Waals surface area contributed by atoms with Gasteiger partial charge in [0.2, 0.25) is 0 Å². The van der Waals surface area contributed by atoms with Gasteiger partial charge in [-0.2, -0.15) is 0 Å². The van der Waals surface area contributed by atoms with Crippen LogP contribution in [0.1, 0.15) is 36.4 Å². The van der Waals surface area contributed by atoms with Gasteiger partial charge >= 0.3 is 0 Å². The third kappa shape index (κ3) is 2.52. The smallest absolute Gasteiger partial charge is 0.0705 e. The highest BCUT2D eigenvalue weighted by atomic mass is 16.3. The van der Waals surface area contributed by atoms with Crippen LogP contribution in [0.15, 0.2) is 36.9 Å². The molecule has 2 rings (SSSR count). The Hall–Kier alpha value is -1.93. The second-order valence-electron chi connectivity index (χ2n) is 4.71. The average molecular weight is 267 g/mol. The van der Waals surface area contributed by atoms with E-state index in [-0.39, 0.29) is 6.61 Å². The van der Waals surface area contributed by atoms with Crippen LogP contribution < -0.4 is 0 Å². The highest BCUT2D eigenvalue weighted by molar-refractivity contribution is 5.79. The molecule has 1 aromatic carbocycles. The molecule has 2 nitrogen and oxygen atoms in total. The second kappa shape index (κ2) is 6.49. The maximum Gasteiger partial charge on any atom is 0.0705 e. The van der Waals surface area contributed by atoms with Crippen LogP contribution in [0.4, 0.5) is 0 Å². The van der Waals surface area contributed by atoms with E-state index >= 15 is 0 Å². The number of rotatable bonds is 5. The summed E-state index contributed by atoms with van der Waals surface area (Å²) in [4.78, 5) is 4.71. The minimum absolute atomic E-state index is 0.00519. The molecule has 0 unspecified atom stereocenters. The minimum Gasteiger partial charge on any atom is -0.392 e. The molecule has 0 atom stereocenters. The lowest BCUT2D eigenvalue weighted by Gasteiger charge is -2.18. The Kier molecular flexibility index (Phi) is 4.70. The Morgan fingerprint density at radius 2 is 1.75 bits per heavy atom. The van der Waals surface area contributed by atoms with Crippen molar-refractivity contribution in [2.45, 2.75) is 33.3 Å². The fraction of sp³-hybridized carbons (Fsp3) is 0.278. The Balaban J connectivity index is 2.83. The van der Waals surface area contributed by atoms with Gasteiger partial charge in [-0.05, 0) is 24.0 Å². The Morgan fingerprint density at radius 3 is 2.25 bits per heavy atom. The van der Waals surface area contributed by atoms with E-state index in [9.17, 15) is 5.11 Å². The summed E-state index contributed by atoms with van der Waals surface area (Å²) in [5, 5.41) is 9.80. The molecule has 0 radical (unpaired) electrons. The topological polar surface area (TPSA) is 33.1 Å². The fourth-order valence-electron chi connectivity index (χ4n) is 2.63. The second-order valence-corrected chi connectivity index (χ2v) is 4.71. The molecule has 0 bridgehead atoms. The number of hydrogen-bond acceptors (Lipinski definition) is 2. The van der Waals surface area contributed by atoms with E-state index in [0.29, 0.717) is 0 Å². The van der Waals surface area contributed by atoms with Gasteiger partial charge in [0.1, 0.15) is 0 Å². The summed E-state index contributed by atoms with van der Waals surface area (Å²) in [5.41, 5.74) is 6.18. The fourth-order valence-corrected chi connectivity index (χ4v) is 2.63. The van der Waals surface area contributed by atoms with Gasteiger partial charge < -0.3 is 5.11 Å². The molecule has 0 aliphatic carbocycles. The lowest BCUT2D eigenvalue weighted by Crippen LogP contribution is -2.07. The van der Waals surface area contributed by atoms with Crippen LogP contribution >= 0.6 is 0 Å². The summed E-state index contributed by atoms with van der Waals surface area (Å²) in [5.74, 6) is 0. The molecule has 0 fully saturated rings. The molecule has 1 N–H and O–H groups in total. The molecular weight excluding hydrogens is 246 g/mol. The quantitative estimate of drug-likeness (QED) is 0.888. The average Bonchev–Trinajstić information content (AvgIpc) is 2.53. The summed E-state index contributed by atoms with van der Waals surface area (Å²) in [6.07, 6.45) is 3.53. The lowest BCUT2D eigenvalue weighted by molar-refractivity contribution is 0.280. The first-order chi connectivity index (χ1) is 9.76. The SMILES string of the molecule is C=Cc1c(CC)nc(CC)c(CO)c1-c1ccccc1. The molecule has 2 aromatic rings. The van der Waals surface area contributed by atoms with Crippen LogP contribution in [-0.4, -0.2) is 10.1 Å². The predicted molar refractivity (Wildman–Crippen MR) is 84.4 cm³/mol. The zero-order chi connectivity index (χ0) is 14.5. The molecule has 1 aromatic heterocycles. The van der Waals surface area contributed by atoms with E-state index in [1.54, 1.807) is 0 Å². The van der Waals surface area contributed by atoms with Crippen molar-refractivity contribution in [2.75, 3.05) is 0 Å². The number of hydrogen-bond donors (Lipinski definition) is 1. The van der Waals surface area contributed by atoms with Crippen molar-refractivity contribution < 1.29 is 5.11 Å². The van der Waals surface area contributed by atoms with E-state index < -0.39 is 0 Å². The van der Waals surface area contributed by atoms with Crippen molar-refractivity contribution in [3.63, 3.8) is 0 Å². The van der Waals surface area contributed by atoms with Gasteiger partial charge in [-0.15, -0.1) is 0 Å². The lowest BCUT2D eigenvalue weighted by atomic mass is 9.91. The summed E-state index contributed by atoms with van der Waals surface area (Å²) >= 11 is 0. The van der Waals surface area contributed by atoms with Crippen LogP contribution in [0.25, 0.3) is 17.2 Å². The van der Waals surface area contributed by atoms with Gasteiger partial charge in [-0.25, -0.2) is 0 Å². The van der Waals surface area contributed by atoms with Gasteiger partial charge in [-0.3, -0.25) is 4.98 Å². The largest absolute Gasteiger partial charge is 0.392 e. The molecular formula is C18H21NO. The summed E-state index contributed by atoms with van der Waals surface area (Å²) in [6, 6.07) is 10.2. The Bertz CT molecular complexity index is 603. The molecule has 104 valence electrons. The van der Waals surface area contributed by atoms with Crippen molar-refractivity contribution in [3.05, 3.63) is 59.4 Å². The van der Waals surface area contributed by atoms with E-state index in [1.165, 1.54) is 0 Å². The summed E-state index contributed by atoms with van der Waals surface area (Å²) in [7, 11) is 0. The highest BCUT2D eigenvalue weighted by Crippen LogP contribution is 2.32. The van der Waals surface area contributed by atoms with Gasteiger partial charge in [0.05, 0.1) is 6.61 Å². The Labute approximate surface area is 120 Å². The minimum atomic E-state index is 0.00519. The van der Waals surface area contributed by atoms with E-state index in [0.717, 1.165) is 46.5 Å².